The minimum Gasteiger partial charge on any atom is -0.265 e. The lowest BCUT2D eigenvalue weighted by Crippen LogP contribution is -2.27. The molecule has 29 heavy (non-hydrogen) atoms. The normalized spacial score (nSPS) is 15.4. The third-order valence-corrected chi connectivity index (χ3v) is 5.13. The Bertz CT molecular complexity index is 1140. The number of aliphatic imine (C=N–C) groups is 1. The third-order valence-electron chi connectivity index (χ3n) is 4.26. The van der Waals surface area contributed by atoms with Crippen LogP contribution in [0.5, 0.6) is 0 Å². The molecule has 4 nitrogen and oxygen atoms in total. The molecule has 0 aromatic heterocycles. The molecule has 1 aliphatic heterocycles. The van der Waals surface area contributed by atoms with Gasteiger partial charge in [-0.15, -0.1) is 0 Å². The molecule has 0 unspecified atom stereocenters. The maximum Gasteiger partial charge on any atom is 0.298 e. The quantitative estimate of drug-likeness (QED) is 0.357. The summed E-state index contributed by atoms with van der Waals surface area (Å²) in [5.74, 6) is 0.178. The van der Waals surface area contributed by atoms with Crippen LogP contribution in [0.15, 0.2) is 99.1 Å². The van der Waals surface area contributed by atoms with Crippen molar-refractivity contribution in [2.75, 3.05) is 0 Å². The van der Waals surface area contributed by atoms with Gasteiger partial charge in [0.25, 0.3) is 5.91 Å². The maximum atomic E-state index is 13.1. The van der Waals surface area contributed by atoms with E-state index >= 15 is 0 Å². The van der Waals surface area contributed by atoms with Crippen molar-refractivity contribution in [3.63, 3.8) is 0 Å². The predicted octanol–water partition coefficient (Wildman–Crippen LogP) is 5.77. The summed E-state index contributed by atoms with van der Waals surface area (Å²) < 4.78 is 0.969. The van der Waals surface area contributed by atoms with Crippen molar-refractivity contribution < 1.29 is 4.79 Å². The van der Waals surface area contributed by atoms with Gasteiger partial charge in [-0.3, -0.25) is 4.79 Å². The Morgan fingerprint density at radius 3 is 2.34 bits per heavy atom. The first-order valence-electron chi connectivity index (χ1n) is 8.86. The summed E-state index contributed by atoms with van der Waals surface area (Å²) in [7, 11) is 0. The second kappa shape index (κ2) is 8.55. The molecule has 1 heterocycles. The van der Waals surface area contributed by atoms with Crippen molar-refractivity contribution in [3.8, 4) is 0 Å². The number of carbonyl (C=O) groups is 1. The van der Waals surface area contributed by atoms with Gasteiger partial charge < -0.3 is 0 Å². The zero-order chi connectivity index (χ0) is 20.2. The molecule has 0 fully saturated rings. The lowest BCUT2D eigenvalue weighted by molar-refractivity contribution is -0.122. The number of benzene rings is 3. The molecule has 6 heteroatoms. The van der Waals surface area contributed by atoms with Crippen molar-refractivity contribution in [1.29, 1.82) is 0 Å². The molecular weight excluding hydrogens is 450 g/mol. The minimum absolute atomic E-state index is 0.296. The van der Waals surface area contributed by atoms with E-state index in [0.29, 0.717) is 16.6 Å². The number of amides is 1. The first-order valence-corrected chi connectivity index (χ1v) is 10.0. The Kier molecular flexibility index (Phi) is 5.69. The molecule has 142 valence electrons. The van der Waals surface area contributed by atoms with Crippen LogP contribution in [0.4, 0.5) is 0 Å². The summed E-state index contributed by atoms with van der Waals surface area (Å²) in [6, 6.07) is 24.5. The summed E-state index contributed by atoms with van der Waals surface area (Å²) in [6.45, 7) is 0. The average molecular weight is 465 g/mol. The molecule has 4 rings (SSSR count). The van der Waals surface area contributed by atoms with Gasteiger partial charge >= 0.3 is 0 Å². The number of rotatable bonds is 4. The smallest absolute Gasteiger partial charge is 0.265 e. The summed E-state index contributed by atoms with van der Waals surface area (Å²) in [6.07, 6.45) is 3.32. The predicted molar refractivity (Wildman–Crippen MR) is 121 cm³/mol. The fraction of sp³-hybridized carbons (Fsp3) is 0. The van der Waals surface area contributed by atoms with Crippen LogP contribution in [-0.2, 0) is 4.79 Å². The fourth-order valence-corrected chi connectivity index (χ4v) is 3.25. The van der Waals surface area contributed by atoms with Crippen LogP contribution in [0.2, 0.25) is 5.02 Å². The third kappa shape index (κ3) is 4.36. The molecule has 0 saturated carbocycles. The first kappa shape index (κ1) is 19.3. The molecule has 0 saturated heterocycles. The van der Waals surface area contributed by atoms with Crippen LogP contribution >= 0.6 is 27.5 Å². The topological polar surface area (TPSA) is 45.0 Å². The Morgan fingerprint density at radius 2 is 1.62 bits per heavy atom. The van der Waals surface area contributed by atoms with E-state index in [-0.39, 0.29) is 5.91 Å². The fourth-order valence-electron chi connectivity index (χ4n) is 2.81. The van der Waals surface area contributed by atoms with Crippen LogP contribution < -0.4 is 0 Å². The van der Waals surface area contributed by atoms with E-state index in [0.717, 1.165) is 21.2 Å². The lowest BCUT2D eigenvalue weighted by atomic mass is 10.2. The highest BCUT2D eigenvalue weighted by atomic mass is 79.9. The monoisotopic (exact) mass is 463 g/mol. The highest BCUT2D eigenvalue weighted by Crippen LogP contribution is 2.23. The van der Waals surface area contributed by atoms with Crippen LogP contribution in [-0.4, -0.2) is 23.0 Å². The van der Waals surface area contributed by atoms with Gasteiger partial charge in [0.05, 0.1) is 6.21 Å². The Balaban J connectivity index is 1.73. The second-order valence-electron chi connectivity index (χ2n) is 6.27. The maximum absolute atomic E-state index is 13.1. The molecule has 3 aromatic carbocycles. The van der Waals surface area contributed by atoms with Crippen LogP contribution in [0.3, 0.4) is 0 Å². The van der Waals surface area contributed by atoms with Gasteiger partial charge in [0.15, 0.2) is 5.84 Å². The number of nitrogens with zero attached hydrogens (tertiary/aromatic N) is 3. The van der Waals surface area contributed by atoms with E-state index in [4.69, 9.17) is 11.6 Å². The summed E-state index contributed by atoms with van der Waals surface area (Å²) in [4.78, 5) is 17.6. The second-order valence-corrected chi connectivity index (χ2v) is 7.59. The van der Waals surface area contributed by atoms with Crippen LogP contribution in [0.1, 0.15) is 16.7 Å². The SMILES string of the molecule is O=C1/C(=C/c2ccc(Br)cc2)N=C(c2ccccc2)N1/N=C/c1ccccc1Cl. The van der Waals surface area contributed by atoms with E-state index < -0.39 is 0 Å². The highest BCUT2D eigenvalue weighted by Gasteiger charge is 2.31. The Hall–Kier alpha value is -3.02. The van der Waals surface area contributed by atoms with Gasteiger partial charge in [0.1, 0.15) is 5.70 Å². The molecule has 0 atom stereocenters. The molecule has 0 spiro atoms. The number of hydrogen-bond acceptors (Lipinski definition) is 3. The molecular formula is C23H15BrClN3O. The van der Waals surface area contributed by atoms with E-state index in [1.165, 1.54) is 5.01 Å². The Morgan fingerprint density at radius 1 is 0.931 bits per heavy atom. The molecule has 0 aliphatic carbocycles. The van der Waals surface area contributed by atoms with Crippen molar-refractivity contribution >= 4 is 51.6 Å². The van der Waals surface area contributed by atoms with Gasteiger partial charge in [-0.25, -0.2) is 4.99 Å². The highest BCUT2D eigenvalue weighted by molar-refractivity contribution is 9.10. The van der Waals surface area contributed by atoms with E-state index in [1.54, 1.807) is 18.4 Å². The zero-order valence-corrected chi connectivity index (χ0v) is 17.5. The standard InChI is InChI=1S/C23H15BrClN3O/c24-19-12-10-16(11-13-19)14-21-23(29)28(22(27-21)17-6-2-1-3-7-17)26-15-18-8-4-5-9-20(18)25/h1-15H/b21-14-,26-15+. The van der Waals surface area contributed by atoms with E-state index in [9.17, 15) is 4.79 Å². The average Bonchev–Trinajstić information content (AvgIpc) is 3.05. The van der Waals surface area contributed by atoms with Crippen molar-refractivity contribution in [3.05, 3.63) is 111 Å². The number of amidine groups is 1. The van der Waals surface area contributed by atoms with Crippen molar-refractivity contribution in [1.82, 2.24) is 5.01 Å². The first-order chi connectivity index (χ1) is 14.1. The number of carbonyl (C=O) groups excluding carboxylic acids is 1. The van der Waals surface area contributed by atoms with Gasteiger partial charge in [-0.05, 0) is 29.8 Å². The summed E-state index contributed by atoms with van der Waals surface area (Å²) in [5.41, 5.74) is 2.73. The van der Waals surface area contributed by atoms with Crippen LogP contribution in [0.25, 0.3) is 6.08 Å². The van der Waals surface area contributed by atoms with Crippen molar-refractivity contribution in [2.24, 2.45) is 10.1 Å². The largest absolute Gasteiger partial charge is 0.298 e. The molecule has 3 aromatic rings. The molecule has 0 radical (unpaired) electrons. The molecule has 1 amide bonds. The van der Waals surface area contributed by atoms with Gasteiger partial charge in [0, 0.05) is 20.6 Å². The van der Waals surface area contributed by atoms with Gasteiger partial charge in [-0.2, -0.15) is 10.1 Å². The lowest BCUT2D eigenvalue weighted by Gasteiger charge is -2.12. The zero-order valence-electron chi connectivity index (χ0n) is 15.2. The molecule has 1 aliphatic rings. The Labute approximate surface area is 182 Å². The molecule has 0 bridgehead atoms. The molecule has 0 N–H and O–H groups in total. The minimum atomic E-state index is -0.296. The van der Waals surface area contributed by atoms with Gasteiger partial charge in [-0.1, -0.05) is 88.2 Å². The van der Waals surface area contributed by atoms with Crippen molar-refractivity contribution in [2.45, 2.75) is 0 Å². The van der Waals surface area contributed by atoms with Gasteiger partial charge in [0.2, 0.25) is 0 Å². The summed E-state index contributed by atoms with van der Waals surface area (Å²) >= 11 is 9.62. The van der Waals surface area contributed by atoms with Crippen LogP contribution in [0, 0.1) is 0 Å². The van der Waals surface area contributed by atoms with E-state index in [1.807, 2.05) is 72.8 Å². The van der Waals surface area contributed by atoms with E-state index in [2.05, 4.69) is 26.0 Å². The number of hydrogen-bond donors (Lipinski definition) is 0. The number of hydrazone groups is 1. The summed E-state index contributed by atoms with van der Waals surface area (Å²) in [5, 5.41) is 6.26. The number of halogens is 2.